The van der Waals surface area contributed by atoms with Gasteiger partial charge in [-0.25, -0.2) is 4.79 Å². The van der Waals surface area contributed by atoms with Crippen LogP contribution in [-0.4, -0.2) is 12.1 Å². The Bertz CT molecular complexity index is 270. The first kappa shape index (κ1) is 12.5. The molecule has 0 aliphatic heterocycles. The number of rotatable bonds is 2. The molecule has 2 aliphatic carbocycles. The van der Waals surface area contributed by atoms with Crippen LogP contribution in [0.4, 0.5) is 4.79 Å². The monoisotopic (exact) mass is 236 g/mol. The predicted octanol–water partition coefficient (Wildman–Crippen LogP) is 3.47. The van der Waals surface area contributed by atoms with E-state index in [2.05, 4.69) is 10.6 Å². The minimum Gasteiger partial charge on any atom is -0.335 e. The van der Waals surface area contributed by atoms with Gasteiger partial charge in [-0.15, -0.1) is 0 Å². The second-order valence-electron chi connectivity index (χ2n) is 5.32. The molecule has 3 heteroatoms. The molecule has 0 saturated heterocycles. The van der Waals surface area contributed by atoms with Gasteiger partial charge >= 0.3 is 6.03 Å². The van der Waals surface area contributed by atoms with Gasteiger partial charge in [0.2, 0.25) is 0 Å². The van der Waals surface area contributed by atoms with E-state index in [9.17, 15) is 4.79 Å². The lowest BCUT2D eigenvalue weighted by Gasteiger charge is -2.15. The highest BCUT2D eigenvalue weighted by Crippen LogP contribution is 2.22. The van der Waals surface area contributed by atoms with Gasteiger partial charge in [0, 0.05) is 12.2 Å². The maximum Gasteiger partial charge on any atom is 0.318 e. The molecule has 0 aromatic rings. The molecule has 3 nitrogen and oxygen atoms in total. The van der Waals surface area contributed by atoms with E-state index in [0.717, 1.165) is 25.7 Å². The molecule has 2 aliphatic rings. The minimum absolute atomic E-state index is 0.0173. The summed E-state index contributed by atoms with van der Waals surface area (Å²) < 4.78 is 0. The van der Waals surface area contributed by atoms with Crippen molar-refractivity contribution in [3.63, 3.8) is 0 Å². The van der Waals surface area contributed by atoms with Crippen LogP contribution < -0.4 is 10.6 Å². The zero-order chi connectivity index (χ0) is 11.9. The Morgan fingerprint density at radius 2 is 1.65 bits per heavy atom. The molecule has 0 aromatic heterocycles. The fourth-order valence-electron chi connectivity index (χ4n) is 2.79. The molecule has 17 heavy (non-hydrogen) atoms. The van der Waals surface area contributed by atoms with Gasteiger partial charge < -0.3 is 10.6 Å². The second-order valence-corrected chi connectivity index (χ2v) is 5.32. The topological polar surface area (TPSA) is 41.1 Å². The fourth-order valence-corrected chi connectivity index (χ4v) is 2.79. The summed E-state index contributed by atoms with van der Waals surface area (Å²) in [6, 6.07) is 0.371. The maximum absolute atomic E-state index is 11.7. The Hall–Kier alpha value is -0.990. The zero-order valence-electron chi connectivity index (χ0n) is 10.6. The molecule has 0 aromatic carbocycles. The first-order valence-corrected chi connectivity index (χ1v) is 7.09. The average molecular weight is 236 g/mol. The molecule has 2 fully saturated rings. The van der Waals surface area contributed by atoms with Crippen molar-refractivity contribution >= 4 is 6.03 Å². The first-order chi connectivity index (χ1) is 8.34. The van der Waals surface area contributed by atoms with Gasteiger partial charge in [0.25, 0.3) is 0 Å². The summed E-state index contributed by atoms with van der Waals surface area (Å²) in [5, 5.41) is 5.97. The third kappa shape index (κ3) is 4.41. The quantitative estimate of drug-likeness (QED) is 0.708. The number of amides is 2. The lowest BCUT2D eigenvalue weighted by atomic mass is 10.1. The number of hydrogen-bond acceptors (Lipinski definition) is 1. The normalized spacial score (nSPS) is 22.0. The van der Waals surface area contributed by atoms with E-state index in [0.29, 0.717) is 6.04 Å². The van der Waals surface area contributed by atoms with Crippen molar-refractivity contribution in [1.29, 1.82) is 0 Å². The van der Waals surface area contributed by atoms with E-state index in [4.69, 9.17) is 0 Å². The highest BCUT2D eigenvalue weighted by atomic mass is 16.2. The number of allylic oxidation sites excluding steroid dienone is 1. The van der Waals surface area contributed by atoms with Gasteiger partial charge in [0.05, 0.1) is 0 Å². The van der Waals surface area contributed by atoms with E-state index < -0.39 is 0 Å². The van der Waals surface area contributed by atoms with Crippen LogP contribution in [0, 0.1) is 0 Å². The minimum atomic E-state index is -0.0173. The van der Waals surface area contributed by atoms with Crippen molar-refractivity contribution in [2.24, 2.45) is 0 Å². The molecule has 0 radical (unpaired) electrons. The average Bonchev–Trinajstić information content (AvgIpc) is 2.72. The summed E-state index contributed by atoms with van der Waals surface area (Å²) in [6.07, 6.45) is 14.2. The summed E-state index contributed by atoms with van der Waals surface area (Å²) in [5.41, 5.74) is 1.39. The highest BCUT2D eigenvalue weighted by Gasteiger charge is 2.14. The third-order valence-corrected chi connectivity index (χ3v) is 3.84. The molecule has 2 amide bonds. The number of urea groups is 1. The van der Waals surface area contributed by atoms with Crippen LogP contribution in [-0.2, 0) is 0 Å². The van der Waals surface area contributed by atoms with E-state index in [1.54, 1.807) is 0 Å². The van der Waals surface area contributed by atoms with Gasteiger partial charge in [-0.1, -0.05) is 31.3 Å². The maximum atomic E-state index is 11.7. The standard InChI is InChI=1S/C14H24N2O/c17-14(15-11-12-7-5-6-8-12)16-13-9-3-1-2-4-10-13/h11,13H,1-10H2,(H2,15,16,17). The summed E-state index contributed by atoms with van der Waals surface area (Å²) in [4.78, 5) is 11.7. The molecule has 96 valence electrons. The summed E-state index contributed by atoms with van der Waals surface area (Å²) >= 11 is 0. The van der Waals surface area contributed by atoms with Crippen LogP contribution in [0.1, 0.15) is 64.2 Å². The third-order valence-electron chi connectivity index (χ3n) is 3.84. The van der Waals surface area contributed by atoms with Gasteiger partial charge in [0.15, 0.2) is 0 Å². The Labute approximate surface area is 104 Å². The van der Waals surface area contributed by atoms with Gasteiger partial charge in [-0.05, 0) is 38.5 Å². The SMILES string of the molecule is O=C(NC=C1CCCC1)NC1CCCCCC1. The molecule has 2 rings (SSSR count). The van der Waals surface area contributed by atoms with Crippen molar-refractivity contribution in [2.75, 3.05) is 0 Å². The summed E-state index contributed by atoms with van der Waals surface area (Å²) in [6.45, 7) is 0. The summed E-state index contributed by atoms with van der Waals surface area (Å²) in [5.74, 6) is 0. The van der Waals surface area contributed by atoms with Crippen LogP contribution >= 0.6 is 0 Å². The van der Waals surface area contributed by atoms with Gasteiger partial charge in [-0.3, -0.25) is 0 Å². The molecule has 2 N–H and O–H groups in total. The predicted molar refractivity (Wildman–Crippen MR) is 69.7 cm³/mol. The Balaban J connectivity index is 1.70. The molecule has 0 heterocycles. The molecule has 0 unspecified atom stereocenters. The van der Waals surface area contributed by atoms with E-state index in [1.807, 2.05) is 6.20 Å². The van der Waals surface area contributed by atoms with E-state index in [-0.39, 0.29) is 6.03 Å². The summed E-state index contributed by atoms with van der Waals surface area (Å²) in [7, 11) is 0. The zero-order valence-corrected chi connectivity index (χ0v) is 10.6. The van der Waals surface area contributed by atoms with E-state index >= 15 is 0 Å². The van der Waals surface area contributed by atoms with Crippen LogP contribution in [0.15, 0.2) is 11.8 Å². The van der Waals surface area contributed by atoms with Crippen molar-refractivity contribution in [1.82, 2.24) is 10.6 Å². The molecule has 0 spiro atoms. The van der Waals surface area contributed by atoms with Crippen LogP contribution in [0.5, 0.6) is 0 Å². The Morgan fingerprint density at radius 1 is 1.00 bits per heavy atom. The lowest BCUT2D eigenvalue weighted by molar-refractivity contribution is 0.238. The second kappa shape index (κ2) is 6.67. The molecular formula is C14H24N2O. The largest absolute Gasteiger partial charge is 0.335 e. The van der Waals surface area contributed by atoms with Crippen molar-refractivity contribution in [2.45, 2.75) is 70.3 Å². The van der Waals surface area contributed by atoms with Crippen LogP contribution in [0.25, 0.3) is 0 Å². The Morgan fingerprint density at radius 3 is 2.29 bits per heavy atom. The molecular weight excluding hydrogens is 212 g/mol. The number of carbonyl (C=O) groups excluding carboxylic acids is 1. The molecule has 2 saturated carbocycles. The highest BCUT2D eigenvalue weighted by molar-refractivity contribution is 5.75. The number of carbonyl (C=O) groups is 1. The first-order valence-electron chi connectivity index (χ1n) is 7.09. The lowest BCUT2D eigenvalue weighted by Crippen LogP contribution is -2.39. The van der Waals surface area contributed by atoms with Gasteiger partial charge in [0.1, 0.15) is 0 Å². The van der Waals surface area contributed by atoms with E-state index in [1.165, 1.54) is 44.1 Å². The number of nitrogens with one attached hydrogen (secondary N) is 2. The molecule has 0 bridgehead atoms. The Kier molecular flexibility index (Phi) is 4.89. The van der Waals surface area contributed by atoms with Gasteiger partial charge in [-0.2, -0.15) is 0 Å². The molecule has 0 atom stereocenters. The fraction of sp³-hybridized carbons (Fsp3) is 0.786. The van der Waals surface area contributed by atoms with Crippen molar-refractivity contribution in [3.05, 3.63) is 11.8 Å². The smallest absolute Gasteiger partial charge is 0.318 e. The number of hydrogen-bond donors (Lipinski definition) is 2. The van der Waals surface area contributed by atoms with Crippen LogP contribution in [0.2, 0.25) is 0 Å². The van der Waals surface area contributed by atoms with Crippen molar-refractivity contribution < 1.29 is 4.79 Å². The van der Waals surface area contributed by atoms with Crippen LogP contribution in [0.3, 0.4) is 0 Å². The van der Waals surface area contributed by atoms with Crippen molar-refractivity contribution in [3.8, 4) is 0 Å².